The highest BCUT2D eigenvalue weighted by molar-refractivity contribution is 5.96. The van der Waals surface area contributed by atoms with Gasteiger partial charge in [-0.15, -0.1) is 0 Å². The molecule has 0 spiro atoms. The molecule has 3 rings (SSSR count). The van der Waals surface area contributed by atoms with Crippen molar-refractivity contribution < 1.29 is 22.4 Å². The molecule has 144 valence electrons. The Kier molecular flexibility index (Phi) is 5.79. The molecule has 0 saturated carbocycles. The van der Waals surface area contributed by atoms with Gasteiger partial charge in [0.1, 0.15) is 5.82 Å². The quantitative estimate of drug-likeness (QED) is 0.573. The van der Waals surface area contributed by atoms with E-state index in [0.717, 1.165) is 44.0 Å². The highest BCUT2D eigenvalue weighted by Crippen LogP contribution is 2.29. The van der Waals surface area contributed by atoms with Gasteiger partial charge in [-0.2, -0.15) is 13.2 Å². The first kappa shape index (κ1) is 19.4. The molecule has 0 amide bonds. The minimum Gasteiger partial charge on any atom is -0.369 e. The van der Waals surface area contributed by atoms with Gasteiger partial charge in [0.15, 0.2) is 5.78 Å². The van der Waals surface area contributed by atoms with Crippen molar-refractivity contribution in [2.45, 2.75) is 12.6 Å². The summed E-state index contributed by atoms with van der Waals surface area (Å²) in [4.78, 5) is 16.5. The van der Waals surface area contributed by atoms with Gasteiger partial charge in [0, 0.05) is 50.4 Å². The van der Waals surface area contributed by atoms with Crippen LogP contribution in [0.4, 0.5) is 23.2 Å². The number of anilines is 1. The molecule has 27 heavy (non-hydrogen) atoms. The molecule has 0 aliphatic carbocycles. The lowest BCUT2D eigenvalue weighted by Gasteiger charge is -2.36. The van der Waals surface area contributed by atoms with Crippen LogP contribution in [0, 0.1) is 5.82 Å². The second-order valence-corrected chi connectivity index (χ2v) is 6.55. The maximum atomic E-state index is 13.0. The average molecular weight is 380 g/mol. The Balaban J connectivity index is 1.47. The molecule has 2 aromatic rings. The zero-order valence-corrected chi connectivity index (χ0v) is 14.7. The minimum atomic E-state index is -4.40. The van der Waals surface area contributed by atoms with Crippen LogP contribution in [0.3, 0.4) is 0 Å². The Bertz CT molecular complexity index is 764. The SMILES string of the molecule is O=C(CCN1CCN(c2ccc(F)cc2)CC1)c1ccc(C(F)(F)F)cc1. The predicted octanol–water partition coefficient (Wildman–Crippen LogP) is 4.24. The summed E-state index contributed by atoms with van der Waals surface area (Å²) in [6.07, 6.45) is -4.13. The van der Waals surface area contributed by atoms with Crippen molar-refractivity contribution in [1.29, 1.82) is 0 Å². The minimum absolute atomic E-state index is 0.162. The summed E-state index contributed by atoms with van der Waals surface area (Å²) in [6, 6.07) is 10.7. The lowest BCUT2D eigenvalue weighted by Crippen LogP contribution is -2.46. The van der Waals surface area contributed by atoms with Gasteiger partial charge in [0.25, 0.3) is 0 Å². The van der Waals surface area contributed by atoms with Crippen LogP contribution in [0.25, 0.3) is 0 Å². The predicted molar refractivity (Wildman–Crippen MR) is 95.4 cm³/mol. The molecular weight excluding hydrogens is 360 g/mol. The number of benzene rings is 2. The van der Waals surface area contributed by atoms with Crippen LogP contribution < -0.4 is 4.90 Å². The smallest absolute Gasteiger partial charge is 0.369 e. The van der Waals surface area contributed by atoms with E-state index in [1.165, 1.54) is 24.3 Å². The molecule has 1 heterocycles. The largest absolute Gasteiger partial charge is 0.416 e. The Hall–Kier alpha value is -2.41. The molecule has 0 unspecified atom stereocenters. The molecule has 1 aliphatic heterocycles. The molecule has 1 fully saturated rings. The molecule has 2 aromatic carbocycles. The zero-order chi connectivity index (χ0) is 19.4. The van der Waals surface area contributed by atoms with Crippen LogP contribution in [0.15, 0.2) is 48.5 Å². The van der Waals surface area contributed by atoms with Gasteiger partial charge in [-0.3, -0.25) is 9.69 Å². The number of piperazine rings is 1. The van der Waals surface area contributed by atoms with E-state index < -0.39 is 11.7 Å². The van der Waals surface area contributed by atoms with Crippen LogP contribution in [0.5, 0.6) is 0 Å². The number of Topliss-reactive ketones (excluding diaryl/α,β-unsaturated/α-hetero) is 1. The van der Waals surface area contributed by atoms with Gasteiger partial charge in [0.05, 0.1) is 5.56 Å². The fourth-order valence-corrected chi connectivity index (χ4v) is 3.13. The number of halogens is 4. The number of hydrogen-bond donors (Lipinski definition) is 0. The first-order chi connectivity index (χ1) is 12.8. The number of ketones is 1. The van der Waals surface area contributed by atoms with Crippen LogP contribution in [0.2, 0.25) is 0 Å². The number of hydrogen-bond acceptors (Lipinski definition) is 3. The summed E-state index contributed by atoms with van der Waals surface area (Å²) in [5, 5.41) is 0. The third-order valence-corrected chi connectivity index (χ3v) is 4.75. The zero-order valence-electron chi connectivity index (χ0n) is 14.7. The van der Waals surface area contributed by atoms with Crippen molar-refractivity contribution in [1.82, 2.24) is 4.90 Å². The molecule has 0 N–H and O–H groups in total. The summed E-state index contributed by atoms with van der Waals surface area (Å²) in [5.74, 6) is -0.427. The lowest BCUT2D eigenvalue weighted by molar-refractivity contribution is -0.137. The van der Waals surface area contributed by atoms with Crippen LogP contribution in [0.1, 0.15) is 22.3 Å². The van der Waals surface area contributed by atoms with E-state index >= 15 is 0 Å². The van der Waals surface area contributed by atoms with Gasteiger partial charge in [0.2, 0.25) is 0 Å². The molecule has 0 radical (unpaired) electrons. The third-order valence-electron chi connectivity index (χ3n) is 4.75. The van der Waals surface area contributed by atoms with Gasteiger partial charge in [-0.05, 0) is 36.4 Å². The summed E-state index contributed by atoms with van der Waals surface area (Å²) < 4.78 is 50.7. The number of carbonyl (C=O) groups excluding carboxylic acids is 1. The van der Waals surface area contributed by atoms with E-state index in [-0.39, 0.29) is 18.0 Å². The molecule has 7 heteroatoms. The highest BCUT2D eigenvalue weighted by atomic mass is 19.4. The summed E-state index contributed by atoms with van der Waals surface area (Å²) in [5.41, 5.74) is 0.515. The van der Waals surface area contributed by atoms with Crippen molar-refractivity contribution in [2.75, 3.05) is 37.6 Å². The topological polar surface area (TPSA) is 23.6 Å². The summed E-state index contributed by atoms with van der Waals surface area (Å²) in [7, 11) is 0. The molecule has 0 bridgehead atoms. The second-order valence-electron chi connectivity index (χ2n) is 6.55. The van der Waals surface area contributed by atoms with Gasteiger partial charge in [-0.1, -0.05) is 12.1 Å². The van der Waals surface area contributed by atoms with Crippen molar-refractivity contribution >= 4 is 11.5 Å². The number of nitrogens with zero attached hydrogens (tertiary/aromatic N) is 2. The highest BCUT2D eigenvalue weighted by Gasteiger charge is 2.30. The lowest BCUT2D eigenvalue weighted by atomic mass is 10.1. The normalized spacial score (nSPS) is 15.8. The third kappa shape index (κ3) is 5.07. The molecule has 3 nitrogen and oxygen atoms in total. The second kappa shape index (κ2) is 8.08. The van der Waals surface area contributed by atoms with E-state index in [1.807, 2.05) is 0 Å². The number of rotatable bonds is 5. The Labute approximate surface area is 155 Å². The Morgan fingerprint density at radius 3 is 2.04 bits per heavy atom. The molecular formula is C20H20F4N2O. The van der Waals surface area contributed by atoms with Crippen molar-refractivity contribution in [2.24, 2.45) is 0 Å². The van der Waals surface area contributed by atoms with Crippen molar-refractivity contribution in [3.63, 3.8) is 0 Å². The summed E-state index contributed by atoms with van der Waals surface area (Å²) in [6.45, 7) is 3.67. The first-order valence-corrected chi connectivity index (χ1v) is 8.76. The van der Waals surface area contributed by atoms with Crippen LogP contribution >= 0.6 is 0 Å². The van der Waals surface area contributed by atoms with E-state index in [2.05, 4.69) is 9.80 Å². The van der Waals surface area contributed by atoms with Crippen LogP contribution in [-0.2, 0) is 6.18 Å². The average Bonchev–Trinajstić information content (AvgIpc) is 2.66. The van der Waals surface area contributed by atoms with E-state index in [4.69, 9.17) is 0 Å². The van der Waals surface area contributed by atoms with Crippen molar-refractivity contribution in [3.8, 4) is 0 Å². The van der Waals surface area contributed by atoms with Crippen molar-refractivity contribution in [3.05, 3.63) is 65.5 Å². The van der Waals surface area contributed by atoms with Crippen LogP contribution in [-0.4, -0.2) is 43.4 Å². The number of carbonyl (C=O) groups is 1. The number of alkyl halides is 3. The fourth-order valence-electron chi connectivity index (χ4n) is 3.13. The van der Waals surface area contributed by atoms with Gasteiger partial charge in [-0.25, -0.2) is 4.39 Å². The fraction of sp³-hybridized carbons (Fsp3) is 0.350. The first-order valence-electron chi connectivity index (χ1n) is 8.76. The van der Waals surface area contributed by atoms with Gasteiger partial charge < -0.3 is 4.90 Å². The van der Waals surface area contributed by atoms with E-state index in [1.54, 1.807) is 12.1 Å². The Morgan fingerprint density at radius 1 is 0.889 bits per heavy atom. The maximum absolute atomic E-state index is 13.0. The molecule has 1 aliphatic rings. The van der Waals surface area contributed by atoms with Gasteiger partial charge >= 0.3 is 6.18 Å². The monoisotopic (exact) mass is 380 g/mol. The molecule has 0 aromatic heterocycles. The Morgan fingerprint density at radius 2 is 1.48 bits per heavy atom. The molecule has 0 atom stereocenters. The molecule has 1 saturated heterocycles. The van der Waals surface area contributed by atoms with E-state index in [0.29, 0.717) is 12.1 Å². The summed E-state index contributed by atoms with van der Waals surface area (Å²) >= 11 is 0. The standard InChI is InChI=1S/C20H20F4N2O/c21-17-5-7-18(8-6-17)26-13-11-25(12-14-26)10-9-19(27)15-1-3-16(4-2-15)20(22,23)24/h1-8H,9-14H2. The van der Waals surface area contributed by atoms with E-state index in [9.17, 15) is 22.4 Å². The maximum Gasteiger partial charge on any atom is 0.416 e.